The Morgan fingerprint density at radius 2 is 2.00 bits per heavy atom. The lowest BCUT2D eigenvalue weighted by Gasteiger charge is -2.16. The van der Waals surface area contributed by atoms with Crippen molar-refractivity contribution in [2.24, 2.45) is 11.8 Å². The van der Waals surface area contributed by atoms with E-state index in [-0.39, 0.29) is 11.8 Å². The minimum absolute atomic E-state index is 0.112. The number of benzene rings is 1. The summed E-state index contributed by atoms with van der Waals surface area (Å²) in [6, 6.07) is 9.81. The predicted octanol–water partition coefficient (Wildman–Crippen LogP) is 3.13. The molecule has 0 aliphatic heterocycles. The third-order valence-electron chi connectivity index (χ3n) is 3.28. The molecule has 3 heteroatoms. The number of hydrogen-bond donors (Lipinski definition) is 1. The summed E-state index contributed by atoms with van der Waals surface area (Å²) in [4.78, 5) is 15.6. The van der Waals surface area contributed by atoms with Gasteiger partial charge in [0.15, 0.2) is 0 Å². The number of carboxylic acids is 1. The molecule has 1 atom stereocenters. The van der Waals surface area contributed by atoms with Crippen molar-refractivity contribution in [3.63, 3.8) is 0 Å². The van der Waals surface area contributed by atoms with E-state index in [0.717, 1.165) is 16.5 Å². The molecule has 0 bridgehead atoms. The molecule has 18 heavy (non-hydrogen) atoms. The van der Waals surface area contributed by atoms with E-state index in [1.807, 2.05) is 44.2 Å². The average molecular weight is 243 g/mol. The fourth-order valence-electron chi connectivity index (χ4n) is 2.18. The topological polar surface area (TPSA) is 50.2 Å². The quantitative estimate of drug-likeness (QED) is 0.897. The van der Waals surface area contributed by atoms with Crippen molar-refractivity contribution in [3.8, 4) is 0 Å². The fraction of sp³-hybridized carbons (Fsp3) is 0.333. The normalized spacial score (nSPS) is 12.8. The summed E-state index contributed by atoms with van der Waals surface area (Å²) in [6.45, 7) is 3.88. The molecule has 0 saturated heterocycles. The second kappa shape index (κ2) is 5.17. The highest BCUT2D eigenvalue weighted by Crippen LogP contribution is 2.22. The van der Waals surface area contributed by atoms with Gasteiger partial charge in [-0.2, -0.15) is 0 Å². The van der Waals surface area contributed by atoms with Crippen LogP contribution in [-0.2, 0) is 11.2 Å². The first-order valence-electron chi connectivity index (χ1n) is 6.15. The smallest absolute Gasteiger partial charge is 0.307 e. The van der Waals surface area contributed by atoms with E-state index in [2.05, 4.69) is 4.98 Å². The molecule has 0 saturated carbocycles. The fourth-order valence-corrected chi connectivity index (χ4v) is 2.18. The molecule has 1 aromatic heterocycles. The van der Waals surface area contributed by atoms with Crippen molar-refractivity contribution < 1.29 is 9.90 Å². The first kappa shape index (κ1) is 12.6. The molecule has 2 aromatic rings. The number of fused-ring (bicyclic) bond motifs is 1. The van der Waals surface area contributed by atoms with E-state index in [1.165, 1.54) is 0 Å². The second-order valence-electron chi connectivity index (χ2n) is 4.89. The van der Waals surface area contributed by atoms with Crippen molar-refractivity contribution in [1.29, 1.82) is 0 Å². The Balaban J connectivity index is 2.39. The molecule has 94 valence electrons. The van der Waals surface area contributed by atoms with Crippen LogP contribution in [0.2, 0.25) is 0 Å². The number of aromatic nitrogens is 1. The Labute approximate surface area is 106 Å². The maximum Gasteiger partial charge on any atom is 0.307 e. The van der Waals surface area contributed by atoms with Gasteiger partial charge in [0.2, 0.25) is 0 Å². The van der Waals surface area contributed by atoms with Crippen LogP contribution < -0.4 is 0 Å². The zero-order chi connectivity index (χ0) is 13.1. The monoisotopic (exact) mass is 243 g/mol. The van der Waals surface area contributed by atoms with Gasteiger partial charge >= 0.3 is 5.97 Å². The maximum absolute atomic E-state index is 11.3. The number of aliphatic carboxylic acids is 1. The average Bonchev–Trinajstić information content (AvgIpc) is 2.35. The standard InChI is InChI=1S/C15H17NO2/c1-10(2)13(15(17)18)9-12-6-3-5-11-7-4-8-16-14(11)12/h3-8,10,13H,9H2,1-2H3,(H,17,18). The lowest BCUT2D eigenvalue weighted by atomic mass is 9.88. The number of carbonyl (C=O) groups is 1. The van der Waals surface area contributed by atoms with Crippen LogP contribution in [0.1, 0.15) is 19.4 Å². The SMILES string of the molecule is CC(C)C(Cc1cccc2cccnc12)C(=O)O. The van der Waals surface area contributed by atoms with Crippen LogP contribution >= 0.6 is 0 Å². The lowest BCUT2D eigenvalue weighted by Crippen LogP contribution is -2.22. The number of rotatable bonds is 4. The molecule has 2 rings (SSSR count). The Hall–Kier alpha value is -1.90. The summed E-state index contributed by atoms with van der Waals surface area (Å²) in [6.07, 6.45) is 2.28. The molecular weight excluding hydrogens is 226 g/mol. The van der Waals surface area contributed by atoms with Crippen LogP contribution in [0.3, 0.4) is 0 Å². The van der Waals surface area contributed by atoms with Gasteiger partial charge in [-0.3, -0.25) is 9.78 Å². The van der Waals surface area contributed by atoms with Crippen LogP contribution in [0.15, 0.2) is 36.5 Å². The van der Waals surface area contributed by atoms with Gasteiger partial charge in [-0.05, 0) is 24.0 Å². The first-order valence-corrected chi connectivity index (χ1v) is 6.15. The third-order valence-corrected chi connectivity index (χ3v) is 3.28. The third kappa shape index (κ3) is 2.50. The van der Waals surface area contributed by atoms with Gasteiger partial charge in [-0.25, -0.2) is 0 Å². The Morgan fingerprint density at radius 3 is 2.67 bits per heavy atom. The van der Waals surface area contributed by atoms with E-state index in [9.17, 15) is 9.90 Å². The molecule has 0 radical (unpaired) electrons. The van der Waals surface area contributed by atoms with Gasteiger partial charge in [0.1, 0.15) is 0 Å². The number of hydrogen-bond acceptors (Lipinski definition) is 2. The highest BCUT2D eigenvalue weighted by atomic mass is 16.4. The van der Waals surface area contributed by atoms with Crippen molar-refractivity contribution in [2.45, 2.75) is 20.3 Å². The van der Waals surface area contributed by atoms with Crippen molar-refractivity contribution in [2.75, 3.05) is 0 Å². The van der Waals surface area contributed by atoms with Crippen molar-refractivity contribution in [1.82, 2.24) is 4.98 Å². The number of para-hydroxylation sites is 1. The highest BCUT2D eigenvalue weighted by molar-refractivity contribution is 5.82. The largest absolute Gasteiger partial charge is 0.481 e. The van der Waals surface area contributed by atoms with Gasteiger partial charge in [-0.15, -0.1) is 0 Å². The van der Waals surface area contributed by atoms with Crippen LogP contribution in [0.5, 0.6) is 0 Å². The summed E-state index contributed by atoms with van der Waals surface area (Å²) >= 11 is 0. The zero-order valence-electron chi connectivity index (χ0n) is 10.6. The molecule has 0 spiro atoms. The molecule has 0 amide bonds. The number of nitrogens with zero attached hydrogens (tertiary/aromatic N) is 1. The second-order valence-corrected chi connectivity index (χ2v) is 4.89. The zero-order valence-corrected chi connectivity index (χ0v) is 10.6. The van der Waals surface area contributed by atoms with E-state index < -0.39 is 5.97 Å². The van der Waals surface area contributed by atoms with Gasteiger partial charge in [0, 0.05) is 11.6 Å². The molecule has 3 nitrogen and oxygen atoms in total. The van der Waals surface area contributed by atoms with E-state index in [0.29, 0.717) is 6.42 Å². The summed E-state index contributed by atoms with van der Waals surface area (Å²) in [5.41, 5.74) is 1.92. The molecule has 1 unspecified atom stereocenters. The Morgan fingerprint density at radius 1 is 1.28 bits per heavy atom. The van der Waals surface area contributed by atoms with Crippen LogP contribution in [0, 0.1) is 11.8 Å². The number of pyridine rings is 1. The van der Waals surface area contributed by atoms with Gasteiger partial charge in [0.05, 0.1) is 11.4 Å². The molecule has 0 aliphatic rings. The minimum atomic E-state index is -0.738. The van der Waals surface area contributed by atoms with E-state index in [1.54, 1.807) is 6.20 Å². The Bertz CT molecular complexity index is 558. The summed E-state index contributed by atoms with van der Waals surface area (Å²) in [5, 5.41) is 10.3. The molecule has 1 N–H and O–H groups in total. The molecule has 0 fully saturated rings. The molecule has 1 aromatic carbocycles. The molecule has 1 heterocycles. The van der Waals surface area contributed by atoms with Crippen molar-refractivity contribution in [3.05, 3.63) is 42.1 Å². The van der Waals surface area contributed by atoms with Gasteiger partial charge in [0.25, 0.3) is 0 Å². The van der Waals surface area contributed by atoms with E-state index >= 15 is 0 Å². The molecule has 0 aliphatic carbocycles. The lowest BCUT2D eigenvalue weighted by molar-refractivity contribution is -0.143. The highest BCUT2D eigenvalue weighted by Gasteiger charge is 2.22. The van der Waals surface area contributed by atoms with Crippen LogP contribution in [0.4, 0.5) is 0 Å². The summed E-state index contributed by atoms with van der Waals surface area (Å²) in [5.74, 6) is -0.989. The van der Waals surface area contributed by atoms with E-state index in [4.69, 9.17) is 0 Å². The molecular formula is C15H17NO2. The van der Waals surface area contributed by atoms with Crippen LogP contribution in [0.25, 0.3) is 10.9 Å². The predicted molar refractivity (Wildman–Crippen MR) is 71.4 cm³/mol. The summed E-state index contributed by atoms with van der Waals surface area (Å²) in [7, 11) is 0. The minimum Gasteiger partial charge on any atom is -0.481 e. The summed E-state index contributed by atoms with van der Waals surface area (Å²) < 4.78 is 0. The van der Waals surface area contributed by atoms with Crippen molar-refractivity contribution >= 4 is 16.9 Å². The van der Waals surface area contributed by atoms with Crippen LogP contribution in [-0.4, -0.2) is 16.1 Å². The Kier molecular flexibility index (Phi) is 3.60. The van der Waals surface area contributed by atoms with Gasteiger partial charge in [-0.1, -0.05) is 38.1 Å². The maximum atomic E-state index is 11.3. The van der Waals surface area contributed by atoms with Gasteiger partial charge < -0.3 is 5.11 Å². The first-order chi connectivity index (χ1) is 8.59. The number of carboxylic acid groups (broad SMARTS) is 1.